The highest BCUT2D eigenvalue weighted by Crippen LogP contribution is 2.44. The number of benzene rings is 2. The first-order valence-electron chi connectivity index (χ1n) is 10.4. The molecule has 5 rings (SSSR count). The summed E-state index contributed by atoms with van der Waals surface area (Å²) in [4.78, 5) is 2.54. The molecule has 0 radical (unpaired) electrons. The zero-order valence-corrected chi connectivity index (χ0v) is 16.1. The summed E-state index contributed by atoms with van der Waals surface area (Å²) in [7, 11) is 0. The number of anilines is 2. The van der Waals surface area contributed by atoms with Crippen molar-refractivity contribution in [1.29, 1.82) is 10.5 Å². The highest BCUT2D eigenvalue weighted by Gasteiger charge is 2.28. The van der Waals surface area contributed by atoms with Crippen molar-refractivity contribution in [3.05, 3.63) is 45.5 Å². The fourth-order valence-corrected chi connectivity index (χ4v) is 5.54. The second-order valence-corrected chi connectivity index (χ2v) is 8.26. The summed E-state index contributed by atoms with van der Waals surface area (Å²) in [5.41, 5.74) is 16.4. The third-order valence-corrected chi connectivity index (χ3v) is 6.70. The summed E-state index contributed by atoms with van der Waals surface area (Å²) < 4.78 is 0. The summed E-state index contributed by atoms with van der Waals surface area (Å²) in [6.45, 7) is 2.31. The second kappa shape index (κ2) is 6.57. The summed E-state index contributed by atoms with van der Waals surface area (Å²) >= 11 is 0. The second-order valence-electron chi connectivity index (χ2n) is 8.26. The quantitative estimate of drug-likeness (QED) is 0.763. The van der Waals surface area contributed by atoms with E-state index in [9.17, 15) is 10.5 Å². The van der Waals surface area contributed by atoms with E-state index < -0.39 is 0 Å². The van der Waals surface area contributed by atoms with E-state index in [4.69, 9.17) is 5.73 Å². The van der Waals surface area contributed by atoms with E-state index in [1.54, 1.807) is 0 Å². The molecule has 0 spiro atoms. The first kappa shape index (κ1) is 17.1. The van der Waals surface area contributed by atoms with Crippen molar-refractivity contribution in [2.24, 2.45) is 0 Å². The van der Waals surface area contributed by atoms with E-state index in [1.807, 2.05) is 0 Å². The molecule has 2 aliphatic heterocycles. The first-order valence-corrected chi connectivity index (χ1v) is 10.4. The van der Waals surface area contributed by atoms with Gasteiger partial charge in [0.15, 0.2) is 0 Å². The van der Waals surface area contributed by atoms with Crippen molar-refractivity contribution in [3.63, 3.8) is 0 Å². The van der Waals surface area contributed by atoms with Crippen LogP contribution >= 0.6 is 0 Å². The Morgan fingerprint density at radius 1 is 0.786 bits per heavy atom. The molecule has 0 fully saturated rings. The molecular formula is C24H24N4. The van der Waals surface area contributed by atoms with E-state index in [0.29, 0.717) is 16.8 Å². The lowest BCUT2D eigenvalue weighted by Gasteiger charge is -2.37. The SMILES string of the molecule is N#Cc1c(N)c(C#N)c(-c2cc3c4c(c2)CCCN4CCC3)c2c1CCCC2. The molecule has 0 amide bonds. The minimum Gasteiger partial charge on any atom is -0.397 e. The van der Waals surface area contributed by atoms with Crippen LogP contribution in [0.5, 0.6) is 0 Å². The average molecular weight is 368 g/mol. The van der Waals surface area contributed by atoms with Crippen LogP contribution in [0, 0.1) is 22.7 Å². The molecule has 4 heteroatoms. The van der Waals surface area contributed by atoms with Crippen LogP contribution in [0.1, 0.15) is 59.1 Å². The lowest BCUT2D eigenvalue weighted by Crippen LogP contribution is -2.34. The number of nitrogens with zero attached hydrogens (tertiary/aromatic N) is 3. The lowest BCUT2D eigenvalue weighted by molar-refractivity contribution is 0.634. The van der Waals surface area contributed by atoms with Crippen molar-refractivity contribution in [1.82, 2.24) is 0 Å². The molecule has 4 nitrogen and oxygen atoms in total. The molecule has 0 saturated heterocycles. The minimum atomic E-state index is 0.369. The van der Waals surface area contributed by atoms with E-state index in [0.717, 1.165) is 68.3 Å². The van der Waals surface area contributed by atoms with Gasteiger partial charge < -0.3 is 10.6 Å². The highest BCUT2D eigenvalue weighted by molar-refractivity contribution is 5.87. The number of rotatable bonds is 1. The van der Waals surface area contributed by atoms with Crippen LogP contribution in [0.2, 0.25) is 0 Å². The van der Waals surface area contributed by atoms with Crippen LogP contribution in [-0.4, -0.2) is 13.1 Å². The number of hydrogen-bond acceptors (Lipinski definition) is 4. The summed E-state index contributed by atoms with van der Waals surface area (Å²) in [5, 5.41) is 19.6. The number of nitrogens with two attached hydrogens (primary N) is 1. The monoisotopic (exact) mass is 368 g/mol. The van der Waals surface area contributed by atoms with E-state index in [-0.39, 0.29) is 0 Å². The van der Waals surface area contributed by atoms with Crippen LogP contribution in [0.25, 0.3) is 11.1 Å². The molecule has 3 aliphatic rings. The molecule has 2 aromatic rings. The molecule has 1 aliphatic carbocycles. The molecule has 0 atom stereocenters. The zero-order valence-electron chi connectivity index (χ0n) is 16.1. The molecule has 0 unspecified atom stereocenters. The largest absolute Gasteiger partial charge is 0.397 e. The Bertz CT molecular complexity index is 1040. The van der Waals surface area contributed by atoms with Gasteiger partial charge in [0.25, 0.3) is 0 Å². The van der Waals surface area contributed by atoms with Crippen molar-refractivity contribution in [3.8, 4) is 23.3 Å². The van der Waals surface area contributed by atoms with Crippen molar-refractivity contribution in [2.45, 2.75) is 51.4 Å². The van der Waals surface area contributed by atoms with Gasteiger partial charge in [-0.05, 0) is 91.3 Å². The Hall–Kier alpha value is -2.98. The van der Waals surface area contributed by atoms with Gasteiger partial charge in [-0.1, -0.05) is 0 Å². The van der Waals surface area contributed by atoms with Crippen LogP contribution in [0.3, 0.4) is 0 Å². The van der Waals surface area contributed by atoms with Gasteiger partial charge in [-0.3, -0.25) is 0 Å². The van der Waals surface area contributed by atoms with Crippen molar-refractivity contribution in [2.75, 3.05) is 23.7 Å². The number of nitrogen functional groups attached to an aromatic ring is 1. The maximum absolute atomic E-state index is 9.95. The standard InChI is InChI=1S/C24H24N4/c25-13-20-18-7-1-2-8-19(18)22(21(14-26)23(20)27)17-11-15-5-3-9-28-10-4-6-16(12-17)24(15)28/h11-12H,1-10,27H2. The predicted molar refractivity (Wildman–Crippen MR) is 111 cm³/mol. The van der Waals surface area contributed by atoms with Gasteiger partial charge in [0, 0.05) is 24.3 Å². The summed E-state index contributed by atoms with van der Waals surface area (Å²) in [6, 6.07) is 9.22. The molecule has 2 N–H and O–H groups in total. The van der Waals surface area contributed by atoms with Crippen LogP contribution in [0.15, 0.2) is 12.1 Å². The maximum atomic E-state index is 9.95. The third kappa shape index (κ3) is 2.41. The smallest absolute Gasteiger partial charge is 0.102 e. The number of nitriles is 2. The zero-order chi connectivity index (χ0) is 19.3. The first-order chi connectivity index (χ1) is 13.7. The number of hydrogen-bond donors (Lipinski definition) is 1. The maximum Gasteiger partial charge on any atom is 0.102 e. The fraction of sp³-hybridized carbons (Fsp3) is 0.417. The molecule has 0 saturated carbocycles. The lowest BCUT2D eigenvalue weighted by atomic mass is 9.78. The van der Waals surface area contributed by atoms with Crippen molar-refractivity contribution >= 4 is 11.4 Å². The van der Waals surface area contributed by atoms with Gasteiger partial charge in [0.2, 0.25) is 0 Å². The Morgan fingerprint density at radius 3 is 2.00 bits per heavy atom. The Labute approximate surface area is 166 Å². The molecule has 2 aromatic carbocycles. The average Bonchev–Trinajstić information content (AvgIpc) is 2.73. The number of aryl methyl sites for hydroxylation is 2. The van der Waals surface area contributed by atoms with Gasteiger partial charge in [-0.25, -0.2) is 0 Å². The van der Waals surface area contributed by atoms with Crippen molar-refractivity contribution < 1.29 is 0 Å². The van der Waals surface area contributed by atoms with E-state index in [2.05, 4.69) is 29.2 Å². The predicted octanol–water partition coefficient (Wildman–Crippen LogP) is 4.26. The molecular weight excluding hydrogens is 344 g/mol. The van der Waals surface area contributed by atoms with Crippen LogP contribution < -0.4 is 10.6 Å². The Morgan fingerprint density at radius 2 is 1.39 bits per heavy atom. The fourth-order valence-electron chi connectivity index (χ4n) is 5.54. The van der Waals surface area contributed by atoms with E-state index in [1.165, 1.54) is 35.2 Å². The normalized spacial score (nSPS) is 17.3. The molecule has 0 aromatic heterocycles. The van der Waals surface area contributed by atoms with Crippen LogP contribution in [-0.2, 0) is 25.7 Å². The highest BCUT2D eigenvalue weighted by atomic mass is 15.1. The van der Waals surface area contributed by atoms with Gasteiger partial charge in [0.1, 0.15) is 12.1 Å². The summed E-state index contributed by atoms with van der Waals surface area (Å²) in [6.07, 6.45) is 8.57. The molecule has 28 heavy (non-hydrogen) atoms. The van der Waals surface area contributed by atoms with Gasteiger partial charge >= 0.3 is 0 Å². The Balaban J connectivity index is 1.80. The van der Waals surface area contributed by atoms with Gasteiger partial charge in [-0.15, -0.1) is 0 Å². The van der Waals surface area contributed by atoms with Crippen LogP contribution in [0.4, 0.5) is 11.4 Å². The summed E-state index contributed by atoms with van der Waals surface area (Å²) in [5.74, 6) is 0. The van der Waals surface area contributed by atoms with Gasteiger partial charge in [-0.2, -0.15) is 10.5 Å². The van der Waals surface area contributed by atoms with E-state index >= 15 is 0 Å². The third-order valence-electron chi connectivity index (χ3n) is 6.70. The number of fused-ring (bicyclic) bond motifs is 1. The minimum absolute atomic E-state index is 0.369. The Kier molecular flexibility index (Phi) is 4.02. The molecule has 2 heterocycles. The topological polar surface area (TPSA) is 76.8 Å². The van der Waals surface area contributed by atoms with Gasteiger partial charge in [0.05, 0.1) is 16.8 Å². The molecule has 0 bridgehead atoms. The molecule has 140 valence electrons.